The minimum Gasteiger partial charge on any atom is -0.450 e. The Labute approximate surface area is 154 Å². The van der Waals surface area contributed by atoms with Crippen molar-refractivity contribution in [2.24, 2.45) is 0 Å². The van der Waals surface area contributed by atoms with E-state index in [0.717, 1.165) is 17.2 Å². The summed E-state index contributed by atoms with van der Waals surface area (Å²) in [5.41, 5.74) is 1.82. The van der Waals surface area contributed by atoms with E-state index < -0.39 is 23.2 Å². The molecule has 1 N–H and O–H groups in total. The molecule has 1 aromatic heterocycles. The summed E-state index contributed by atoms with van der Waals surface area (Å²) in [6, 6.07) is 10.6. The second kappa shape index (κ2) is 6.63. The molecule has 0 saturated heterocycles. The van der Waals surface area contributed by atoms with Gasteiger partial charge in [0.1, 0.15) is 11.4 Å². The van der Waals surface area contributed by atoms with Crippen LogP contribution in [0.15, 0.2) is 51.7 Å². The first-order chi connectivity index (χ1) is 13.0. The number of aliphatic hydroxyl groups excluding tert-OH is 1. The van der Waals surface area contributed by atoms with Crippen LogP contribution in [0.4, 0.5) is 4.39 Å². The van der Waals surface area contributed by atoms with Crippen molar-refractivity contribution in [3.8, 4) is 0 Å². The van der Waals surface area contributed by atoms with Gasteiger partial charge in [-0.3, -0.25) is 9.59 Å². The summed E-state index contributed by atoms with van der Waals surface area (Å²) in [6.07, 6.45) is 0.379. The summed E-state index contributed by atoms with van der Waals surface area (Å²) in [4.78, 5) is 27.6. The Bertz CT molecular complexity index is 1090. The molecule has 1 atom stereocenters. The number of halogens is 1. The fourth-order valence-electron chi connectivity index (χ4n) is 3.56. The highest BCUT2D eigenvalue weighted by Crippen LogP contribution is 2.38. The first kappa shape index (κ1) is 17.4. The van der Waals surface area contributed by atoms with Gasteiger partial charge in [0.15, 0.2) is 5.43 Å². The van der Waals surface area contributed by atoms with E-state index in [-0.39, 0.29) is 35.4 Å². The Kier molecular flexibility index (Phi) is 4.28. The monoisotopic (exact) mass is 367 g/mol. The second-order valence-electron chi connectivity index (χ2n) is 6.70. The van der Waals surface area contributed by atoms with Crippen molar-refractivity contribution in [1.29, 1.82) is 0 Å². The minimum absolute atomic E-state index is 0.0115. The van der Waals surface area contributed by atoms with Gasteiger partial charge < -0.3 is 14.4 Å². The van der Waals surface area contributed by atoms with Crippen molar-refractivity contribution in [3.05, 3.63) is 81.0 Å². The number of fused-ring (bicyclic) bond motifs is 2. The molecule has 2 aromatic carbocycles. The van der Waals surface area contributed by atoms with Gasteiger partial charge in [0.2, 0.25) is 5.76 Å². The van der Waals surface area contributed by atoms with Crippen LogP contribution in [0, 0.1) is 12.7 Å². The van der Waals surface area contributed by atoms with Gasteiger partial charge in [-0.1, -0.05) is 29.8 Å². The highest BCUT2D eigenvalue weighted by molar-refractivity contribution is 5.99. The molecule has 138 valence electrons. The fourth-order valence-corrected chi connectivity index (χ4v) is 3.56. The topological polar surface area (TPSA) is 70.8 Å². The molecule has 27 heavy (non-hydrogen) atoms. The lowest BCUT2D eigenvalue weighted by Gasteiger charge is -2.25. The van der Waals surface area contributed by atoms with Crippen molar-refractivity contribution in [2.75, 3.05) is 13.2 Å². The molecule has 1 aliphatic rings. The zero-order valence-electron chi connectivity index (χ0n) is 14.7. The van der Waals surface area contributed by atoms with E-state index in [1.165, 1.54) is 17.0 Å². The number of carbonyl (C=O) groups excluding carboxylic acids is 1. The fraction of sp³-hybridized carbons (Fsp3) is 0.238. The summed E-state index contributed by atoms with van der Waals surface area (Å²) >= 11 is 0. The van der Waals surface area contributed by atoms with Crippen molar-refractivity contribution >= 4 is 16.9 Å². The minimum atomic E-state index is -0.622. The van der Waals surface area contributed by atoms with Gasteiger partial charge >= 0.3 is 0 Å². The van der Waals surface area contributed by atoms with E-state index in [1.807, 2.05) is 31.2 Å². The quantitative estimate of drug-likeness (QED) is 0.769. The maximum absolute atomic E-state index is 13.7. The Morgan fingerprint density at radius 2 is 1.89 bits per heavy atom. The van der Waals surface area contributed by atoms with Crippen LogP contribution >= 0.6 is 0 Å². The Balaban J connectivity index is 1.97. The first-order valence-corrected chi connectivity index (χ1v) is 8.76. The third kappa shape index (κ3) is 2.82. The Hall–Kier alpha value is -2.99. The number of benzene rings is 2. The lowest BCUT2D eigenvalue weighted by atomic mass is 9.97. The number of hydrogen-bond donors (Lipinski definition) is 1. The molecule has 0 bridgehead atoms. The first-order valence-electron chi connectivity index (χ1n) is 8.76. The number of hydrogen-bond acceptors (Lipinski definition) is 4. The number of rotatable bonds is 4. The van der Waals surface area contributed by atoms with Gasteiger partial charge in [-0.2, -0.15) is 0 Å². The largest absolute Gasteiger partial charge is 0.450 e. The van der Waals surface area contributed by atoms with E-state index in [2.05, 4.69) is 0 Å². The maximum atomic E-state index is 13.7. The molecule has 0 spiro atoms. The van der Waals surface area contributed by atoms with Crippen LogP contribution in [-0.4, -0.2) is 29.1 Å². The average Bonchev–Trinajstić information content (AvgIpc) is 2.94. The maximum Gasteiger partial charge on any atom is 0.290 e. The lowest BCUT2D eigenvalue weighted by molar-refractivity contribution is 0.0716. The number of carbonyl (C=O) groups is 1. The van der Waals surface area contributed by atoms with Crippen LogP contribution in [-0.2, 0) is 0 Å². The van der Waals surface area contributed by atoms with Crippen molar-refractivity contribution in [2.45, 2.75) is 19.4 Å². The van der Waals surface area contributed by atoms with Gasteiger partial charge in [-0.15, -0.1) is 0 Å². The smallest absolute Gasteiger partial charge is 0.290 e. The van der Waals surface area contributed by atoms with Crippen molar-refractivity contribution in [3.63, 3.8) is 0 Å². The molecule has 6 heteroatoms. The molecule has 0 radical (unpaired) electrons. The van der Waals surface area contributed by atoms with E-state index >= 15 is 0 Å². The van der Waals surface area contributed by atoms with Gasteiger partial charge in [0.25, 0.3) is 5.91 Å². The van der Waals surface area contributed by atoms with Gasteiger partial charge in [-0.05, 0) is 37.1 Å². The van der Waals surface area contributed by atoms with Gasteiger partial charge in [0, 0.05) is 13.2 Å². The third-order valence-corrected chi connectivity index (χ3v) is 4.88. The standard InChI is InChI=1S/C21H18FNO4/c1-12-3-5-13(6-4-12)18-17-19(25)15-11-14(22)7-8-16(15)27-20(17)21(26)23(18)9-2-10-24/h3-8,11,18,24H,2,9-10H2,1H3. The third-order valence-electron chi connectivity index (χ3n) is 4.88. The summed E-state index contributed by atoms with van der Waals surface area (Å²) < 4.78 is 19.4. The molecule has 3 aromatic rings. The number of aryl methyl sites for hydroxylation is 1. The highest BCUT2D eigenvalue weighted by Gasteiger charge is 2.42. The molecule has 5 nitrogen and oxygen atoms in total. The van der Waals surface area contributed by atoms with Crippen LogP contribution in [0.2, 0.25) is 0 Å². The molecule has 0 fully saturated rings. The average molecular weight is 367 g/mol. The van der Waals surface area contributed by atoms with Gasteiger partial charge in [-0.25, -0.2) is 4.39 Å². The molecule has 0 aliphatic carbocycles. The summed E-state index contributed by atoms with van der Waals surface area (Å²) in [7, 11) is 0. The molecular formula is C21H18FNO4. The second-order valence-corrected chi connectivity index (χ2v) is 6.70. The molecule has 0 saturated carbocycles. The zero-order chi connectivity index (χ0) is 19.1. The van der Waals surface area contributed by atoms with Crippen LogP contribution < -0.4 is 5.43 Å². The SMILES string of the molecule is Cc1ccc(C2c3c(oc4ccc(F)cc4c3=O)C(=O)N2CCCO)cc1. The highest BCUT2D eigenvalue weighted by atomic mass is 19.1. The summed E-state index contributed by atoms with van der Waals surface area (Å²) in [6.45, 7) is 2.16. The normalized spacial score (nSPS) is 16.2. The number of amides is 1. The van der Waals surface area contributed by atoms with Crippen LogP contribution in [0.1, 0.15) is 39.7 Å². The number of aliphatic hydroxyl groups is 1. The van der Waals surface area contributed by atoms with Crippen LogP contribution in [0.25, 0.3) is 11.0 Å². The van der Waals surface area contributed by atoms with E-state index in [4.69, 9.17) is 4.42 Å². The predicted octanol–water partition coefficient (Wildman–Crippen LogP) is 3.17. The van der Waals surface area contributed by atoms with Crippen LogP contribution in [0.5, 0.6) is 0 Å². The van der Waals surface area contributed by atoms with E-state index in [9.17, 15) is 19.1 Å². The van der Waals surface area contributed by atoms with E-state index in [0.29, 0.717) is 6.42 Å². The molecule has 1 amide bonds. The van der Waals surface area contributed by atoms with Gasteiger partial charge in [0.05, 0.1) is 17.0 Å². The lowest BCUT2D eigenvalue weighted by Crippen LogP contribution is -2.31. The Morgan fingerprint density at radius 3 is 2.59 bits per heavy atom. The summed E-state index contributed by atoms with van der Waals surface area (Å²) in [5.74, 6) is -0.946. The van der Waals surface area contributed by atoms with E-state index in [1.54, 1.807) is 0 Å². The molecular weight excluding hydrogens is 349 g/mol. The zero-order valence-corrected chi connectivity index (χ0v) is 14.7. The number of nitrogens with zero attached hydrogens (tertiary/aromatic N) is 1. The Morgan fingerprint density at radius 1 is 1.15 bits per heavy atom. The van der Waals surface area contributed by atoms with Crippen LogP contribution in [0.3, 0.4) is 0 Å². The summed E-state index contributed by atoms with van der Waals surface area (Å²) in [5, 5.41) is 9.31. The van der Waals surface area contributed by atoms with Crippen molar-refractivity contribution in [1.82, 2.24) is 4.90 Å². The van der Waals surface area contributed by atoms with Crippen molar-refractivity contribution < 1.29 is 18.7 Å². The molecule has 2 heterocycles. The molecule has 1 unspecified atom stereocenters. The molecule has 1 aliphatic heterocycles. The molecule has 4 rings (SSSR count). The predicted molar refractivity (Wildman–Crippen MR) is 98.2 cm³/mol.